The van der Waals surface area contributed by atoms with Crippen LogP contribution in [-0.4, -0.2) is 28.9 Å². The van der Waals surface area contributed by atoms with Crippen molar-refractivity contribution in [2.45, 2.75) is 39.5 Å². The molecule has 142 valence electrons. The zero-order chi connectivity index (χ0) is 19.7. The number of anilines is 1. The average Bonchev–Trinajstić information content (AvgIpc) is 2.82. The van der Waals surface area contributed by atoms with Crippen LogP contribution in [0.3, 0.4) is 0 Å². The second-order valence-electron chi connectivity index (χ2n) is 7.81. The Labute approximate surface area is 160 Å². The van der Waals surface area contributed by atoms with Crippen LogP contribution in [0.25, 0.3) is 0 Å². The van der Waals surface area contributed by atoms with Gasteiger partial charge in [-0.25, -0.2) is 0 Å². The number of ketones is 1. The van der Waals surface area contributed by atoms with Crippen LogP contribution in [0.15, 0.2) is 47.6 Å². The quantitative estimate of drug-likeness (QED) is 0.563. The van der Waals surface area contributed by atoms with Crippen molar-refractivity contribution in [1.29, 1.82) is 0 Å². The van der Waals surface area contributed by atoms with E-state index in [4.69, 9.17) is 10.0 Å². The molecule has 1 fully saturated rings. The van der Waals surface area contributed by atoms with Gasteiger partial charge in [-0.15, -0.1) is 0 Å². The minimum atomic E-state index is -1.53. The van der Waals surface area contributed by atoms with Gasteiger partial charge in [-0.05, 0) is 67.1 Å². The Morgan fingerprint density at radius 1 is 1.19 bits per heavy atom. The molecule has 3 rings (SSSR count). The minimum absolute atomic E-state index is 0.0341. The molecule has 6 heteroatoms. The van der Waals surface area contributed by atoms with Crippen LogP contribution in [0.5, 0.6) is 0 Å². The number of Topliss-reactive ketones (excluding diaryl/α,β-unsaturated/α-hetero) is 1. The SMILES string of the molecule is C=C(C(=O)Nc1ccc(B(O)O)cc1)[C@@H]1CC[C@H](C)[C@@H]2CC(=O)C(C)=C2C1. The number of hydrogen-bond acceptors (Lipinski definition) is 4. The number of benzene rings is 1. The predicted octanol–water partition coefficient (Wildman–Crippen LogP) is 2.20. The predicted molar refractivity (Wildman–Crippen MR) is 106 cm³/mol. The molecule has 2 aliphatic rings. The lowest BCUT2D eigenvalue weighted by Gasteiger charge is -2.19. The van der Waals surface area contributed by atoms with Crippen molar-refractivity contribution in [3.8, 4) is 0 Å². The number of rotatable bonds is 4. The van der Waals surface area contributed by atoms with E-state index < -0.39 is 7.12 Å². The molecule has 1 aromatic rings. The van der Waals surface area contributed by atoms with Crippen LogP contribution in [0.2, 0.25) is 0 Å². The van der Waals surface area contributed by atoms with Crippen LogP contribution in [-0.2, 0) is 9.59 Å². The van der Waals surface area contributed by atoms with E-state index in [2.05, 4.69) is 18.8 Å². The van der Waals surface area contributed by atoms with Crippen molar-refractivity contribution in [3.63, 3.8) is 0 Å². The Hall–Kier alpha value is -2.18. The molecule has 1 saturated carbocycles. The van der Waals surface area contributed by atoms with Gasteiger partial charge in [-0.1, -0.05) is 31.2 Å². The molecule has 1 amide bonds. The first kappa shape index (κ1) is 19.6. The lowest BCUT2D eigenvalue weighted by Crippen LogP contribution is -2.29. The fourth-order valence-electron chi connectivity index (χ4n) is 4.25. The summed E-state index contributed by atoms with van der Waals surface area (Å²) >= 11 is 0. The molecule has 3 atom stereocenters. The molecular weight excluding hydrogens is 341 g/mol. The first-order chi connectivity index (χ1) is 12.8. The van der Waals surface area contributed by atoms with Gasteiger partial charge >= 0.3 is 7.12 Å². The summed E-state index contributed by atoms with van der Waals surface area (Å²) in [4.78, 5) is 24.8. The minimum Gasteiger partial charge on any atom is -0.423 e. The molecule has 0 saturated heterocycles. The lowest BCUT2D eigenvalue weighted by atomic mass is 9.80. The second kappa shape index (κ2) is 7.83. The molecule has 1 aromatic carbocycles. The van der Waals surface area contributed by atoms with Gasteiger partial charge in [-0.2, -0.15) is 0 Å². The maximum atomic E-state index is 12.7. The number of nitrogens with one attached hydrogen (secondary N) is 1. The van der Waals surface area contributed by atoms with Gasteiger partial charge in [0.1, 0.15) is 0 Å². The van der Waals surface area contributed by atoms with E-state index in [1.54, 1.807) is 24.3 Å². The number of carbonyl (C=O) groups is 2. The number of allylic oxidation sites excluding steroid dienone is 2. The largest absolute Gasteiger partial charge is 0.488 e. The van der Waals surface area contributed by atoms with Gasteiger partial charge in [0, 0.05) is 17.7 Å². The lowest BCUT2D eigenvalue weighted by molar-refractivity contribution is -0.115. The monoisotopic (exact) mass is 367 g/mol. The first-order valence-corrected chi connectivity index (χ1v) is 9.47. The highest BCUT2D eigenvalue weighted by Gasteiger charge is 2.37. The van der Waals surface area contributed by atoms with Gasteiger partial charge in [0.25, 0.3) is 5.91 Å². The smallest absolute Gasteiger partial charge is 0.423 e. The fraction of sp³-hybridized carbons (Fsp3) is 0.429. The Morgan fingerprint density at radius 3 is 2.48 bits per heavy atom. The molecule has 0 bridgehead atoms. The summed E-state index contributed by atoms with van der Waals surface area (Å²) in [5, 5.41) is 21.1. The van der Waals surface area contributed by atoms with Crippen LogP contribution >= 0.6 is 0 Å². The topological polar surface area (TPSA) is 86.6 Å². The van der Waals surface area contributed by atoms with Gasteiger partial charge in [0.15, 0.2) is 5.78 Å². The van der Waals surface area contributed by atoms with Gasteiger partial charge < -0.3 is 15.4 Å². The zero-order valence-electron chi connectivity index (χ0n) is 15.9. The summed E-state index contributed by atoms with van der Waals surface area (Å²) in [6.07, 6.45) is 3.21. The molecule has 0 radical (unpaired) electrons. The van der Waals surface area contributed by atoms with Crippen LogP contribution in [0.1, 0.15) is 39.5 Å². The van der Waals surface area contributed by atoms with E-state index in [0.717, 1.165) is 24.8 Å². The van der Waals surface area contributed by atoms with E-state index in [0.29, 0.717) is 35.0 Å². The Kier molecular flexibility index (Phi) is 5.68. The van der Waals surface area contributed by atoms with E-state index in [9.17, 15) is 9.59 Å². The molecule has 0 heterocycles. The highest BCUT2D eigenvalue weighted by Crippen LogP contribution is 2.45. The Bertz CT molecular complexity index is 797. The molecular formula is C21H26BNO4. The van der Waals surface area contributed by atoms with Gasteiger partial charge in [0.2, 0.25) is 0 Å². The van der Waals surface area contributed by atoms with Crippen molar-refractivity contribution in [3.05, 3.63) is 47.6 Å². The third-order valence-corrected chi connectivity index (χ3v) is 6.13. The summed E-state index contributed by atoms with van der Waals surface area (Å²) in [7, 11) is -1.53. The molecule has 5 nitrogen and oxygen atoms in total. The van der Waals surface area contributed by atoms with Gasteiger partial charge in [-0.3, -0.25) is 9.59 Å². The molecule has 27 heavy (non-hydrogen) atoms. The Balaban J connectivity index is 1.71. The summed E-state index contributed by atoms with van der Waals surface area (Å²) in [6.45, 7) is 8.15. The van der Waals surface area contributed by atoms with E-state index >= 15 is 0 Å². The van der Waals surface area contributed by atoms with Crippen LogP contribution in [0, 0.1) is 17.8 Å². The van der Waals surface area contributed by atoms with Crippen LogP contribution < -0.4 is 10.8 Å². The summed E-state index contributed by atoms with van der Waals surface area (Å²) in [6, 6.07) is 6.37. The van der Waals surface area contributed by atoms with Crippen molar-refractivity contribution >= 4 is 30.0 Å². The normalized spacial score (nSPS) is 25.0. The summed E-state index contributed by atoms with van der Waals surface area (Å²) in [5.74, 6) is 0.803. The van der Waals surface area contributed by atoms with E-state index in [1.165, 1.54) is 5.57 Å². The van der Waals surface area contributed by atoms with Crippen LogP contribution in [0.4, 0.5) is 5.69 Å². The third kappa shape index (κ3) is 4.07. The molecule has 0 spiro atoms. The van der Waals surface area contributed by atoms with Crippen molar-refractivity contribution in [2.24, 2.45) is 17.8 Å². The van der Waals surface area contributed by atoms with Crippen molar-refractivity contribution < 1.29 is 19.6 Å². The number of fused-ring (bicyclic) bond motifs is 1. The zero-order valence-corrected chi connectivity index (χ0v) is 15.9. The van der Waals surface area contributed by atoms with Crippen molar-refractivity contribution in [2.75, 3.05) is 5.32 Å². The molecule has 3 N–H and O–H groups in total. The summed E-state index contributed by atoms with van der Waals surface area (Å²) < 4.78 is 0. The van der Waals surface area contributed by atoms with Crippen molar-refractivity contribution in [1.82, 2.24) is 0 Å². The number of hydrogen-bond donors (Lipinski definition) is 3. The molecule has 0 unspecified atom stereocenters. The average molecular weight is 367 g/mol. The highest BCUT2D eigenvalue weighted by molar-refractivity contribution is 6.58. The Morgan fingerprint density at radius 2 is 1.85 bits per heavy atom. The summed E-state index contributed by atoms with van der Waals surface area (Å²) in [5.41, 5.74) is 3.57. The number of carbonyl (C=O) groups excluding carboxylic acids is 2. The standard InChI is InChI=1S/C21H26BNO4/c1-12-4-5-15(10-19-14(3)20(24)11-18(12)19)13(2)21(25)23-17-8-6-16(7-9-17)22(26)27/h6-9,12,15,18,26-27H,2,4-5,10-11H2,1,3H3,(H,23,25)/t12-,15+,18-/m0/s1. The van der Waals surface area contributed by atoms with E-state index in [-0.39, 0.29) is 17.6 Å². The van der Waals surface area contributed by atoms with E-state index in [1.807, 2.05) is 6.92 Å². The maximum Gasteiger partial charge on any atom is 0.488 e. The second-order valence-corrected chi connectivity index (χ2v) is 7.81. The number of amides is 1. The highest BCUT2D eigenvalue weighted by atomic mass is 16.4. The first-order valence-electron chi connectivity index (χ1n) is 9.47. The molecule has 0 aromatic heterocycles. The van der Waals surface area contributed by atoms with Gasteiger partial charge in [0.05, 0.1) is 0 Å². The molecule has 0 aliphatic heterocycles. The molecule has 2 aliphatic carbocycles. The third-order valence-electron chi connectivity index (χ3n) is 6.13. The fourth-order valence-corrected chi connectivity index (χ4v) is 4.25. The maximum absolute atomic E-state index is 12.7.